The van der Waals surface area contributed by atoms with Gasteiger partial charge in [-0.2, -0.15) is 0 Å². The minimum atomic E-state index is -0.407. The highest BCUT2D eigenvalue weighted by molar-refractivity contribution is 6.58. The van der Waals surface area contributed by atoms with Gasteiger partial charge < -0.3 is 20.1 Å². The number of ether oxygens (including phenoxy) is 1. The summed E-state index contributed by atoms with van der Waals surface area (Å²) in [4.78, 5) is 0. The van der Waals surface area contributed by atoms with Crippen molar-refractivity contribution in [1.29, 1.82) is 0 Å². The van der Waals surface area contributed by atoms with Crippen LogP contribution < -0.4 is 4.74 Å². The monoisotopic (exact) mass is 911 g/mol. The molecule has 3 N–H and O–H groups in total. The van der Waals surface area contributed by atoms with E-state index in [0.29, 0.717) is 17.2 Å². The highest BCUT2D eigenvalue weighted by Crippen LogP contribution is 2.53. The number of fused-ring (bicyclic) bond motifs is 3. The molecule has 0 fully saturated rings. The Morgan fingerprint density at radius 1 is 0.710 bits per heavy atom. The fraction of sp³-hybridized carbons (Fsp3) is 0.673. The fourth-order valence-corrected chi connectivity index (χ4v) is 14.8. The van der Waals surface area contributed by atoms with Crippen molar-refractivity contribution in [1.82, 2.24) is 0 Å². The smallest absolute Gasteiger partial charge is 0.262 e. The highest BCUT2D eigenvalue weighted by Gasteiger charge is 2.45. The van der Waals surface area contributed by atoms with Crippen molar-refractivity contribution >= 4 is 37.4 Å². The number of aryl methyl sites for hydroxylation is 2. The molecule has 0 aromatic heterocycles. The van der Waals surface area contributed by atoms with Gasteiger partial charge in [0.05, 0.1) is 5.34 Å². The molecule has 2 aromatic carbocycles. The molecule has 4 atom stereocenters. The van der Waals surface area contributed by atoms with Gasteiger partial charge in [-0.05, 0) is 127 Å². The minimum Gasteiger partial charge on any atom is -0.507 e. The molecule has 0 saturated heterocycles. The molecular formula is C55H89AlCl2O4. The number of hydrogen-bond donors (Lipinski definition) is 3. The number of phenolic OH excluding ortho intramolecular Hbond substituents is 3. The number of rotatable bonds is 16. The quantitative estimate of drug-likeness (QED) is 0.0679. The van der Waals surface area contributed by atoms with Gasteiger partial charge in [0.2, 0.25) is 0 Å². The van der Waals surface area contributed by atoms with E-state index < -0.39 is 14.1 Å². The topological polar surface area (TPSA) is 69.9 Å². The third-order valence-electron chi connectivity index (χ3n) is 13.0. The molecule has 2 aliphatic carbocycles. The van der Waals surface area contributed by atoms with Crippen LogP contribution in [0.4, 0.5) is 0 Å². The highest BCUT2D eigenvalue weighted by atomic mass is 35.5. The number of allylic oxidation sites excluding steroid dienone is 5. The Hall–Kier alpha value is -2.03. The molecule has 0 bridgehead atoms. The van der Waals surface area contributed by atoms with Crippen molar-refractivity contribution in [2.45, 2.75) is 200 Å². The molecule has 62 heavy (non-hydrogen) atoms. The molecule has 0 amide bonds. The summed E-state index contributed by atoms with van der Waals surface area (Å²) >= 11 is 9.12. The van der Waals surface area contributed by atoms with Crippen LogP contribution in [0, 0.1) is 29.6 Å². The van der Waals surface area contributed by atoms with Crippen molar-refractivity contribution in [3.05, 3.63) is 82.0 Å². The van der Waals surface area contributed by atoms with Gasteiger partial charge in [-0.3, -0.25) is 0 Å². The maximum absolute atomic E-state index is 10.7. The molecule has 0 unspecified atom stereocenters. The van der Waals surface area contributed by atoms with Crippen LogP contribution >= 0.6 is 23.2 Å². The summed E-state index contributed by atoms with van der Waals surface area (Å²) in [6.45, 7) is 33.5. The van der Waals surface area contributed by atoms with Crippen molar-refractivity contribution in [2.24, 2.45) is 29.6 Å². The average molecular weight is 912 g/mol. The first-order valence-electron chi connectivity index (χ1n) is 24.4. The SMILES string of the molecule is C=C(C)[C@@H]1CCC(C)=C[C@H]1c1c(O)cc(CCCCC)cc1O.CC(C)[CH2][Al]([CH2]C(C)C)[CH2]C(C)C.CCCCCc1cc(O)c2c(c1)OC(C)(C)[C@@H]1CCC(C)=C[C@@H]21.ClCCl. The molecule has 350 valence electrons. The Morgan fingerprint density at radius 2 is 1.13 bits per heavy atom. The lowest BCUT2D eigenvalue weighted by Gasteiger charge is -2.46. The Labute approximate surface area is 395 Å². The van der Waals surface area contributed by atoms with E-state index >= 15 is 0 Å². The van der Waals surface area contributed by atoms with Crippen LogP contribution in [0.5, 0.6) is 23.0 Å². The molecule has 1 aliphatic heterocycles. The number of aromatic hydroxyl groups is 3. The third-order valence-corrected chi connectivity index (χ3v) is 17.8. The van der Waals surface area contributed by atoms with E-state index in [1.165, 1.54) is 48.8 Å². The zero-order valence-electron chi connectivity index (χ0n) is 41.6. The molecule has 5 rings (SSSR count). The summed E-state index contributed by atoms with van der Waals surface area (Å²) in [5.74, 6) is 5.56. The van der Waals surface area contributed by atoms with E-state index in [4.69, 9.17) is 27.9 Å². The van der Waals surface area contributed by atoms with E-state index in [0.717, 1.165) is 85.1 Å². The van der Waals surface area contributed by atoms with Gasteiger partial charge in [0.15, 0.2) is 0 Å². The average Bonchev–Trinajstić information content (AvgIpc) is 3.14. The molecular weight excluding hydrogens is 822 g/mol. The molecule has 0 saturated carbocycles. The van der Waals surface area contributed by atoms with E-state index in [2.05, 4.69) is 108 Å². The lowest BCUT2D eigenvalue weighted by molar-refractivity contribution is 0.0107. The molecule has 0 radical (unpaired) electrons. The zero-order chi connectivity index (χ0) is 46.7. The van der Waals surface area contributed by atoms with Gasteiger partial charge in [-0.25, -0.2) is 0 Å². The Kier molecular flexibility index (Phi) is 25.4. The van der Waals surface area contributed by atoms with Crippen LogP contribution in [0.3, 0.4) is 0 Å². The maximum atomic E-state index is 10.7. The van der Waals surface area contributed by atoms with Crippen LogP contribution in [0.15, 0.2) is 59.7 Å². The van der Waals surface area contributed by atoms with Crippen LogP contribution in [-0.2, 0) is 12.8 Å². The van der Waals surface area contributed by atoms with Crippen LogP contribution in [0.2, 0.25) is 15.8 Å². The van der Waals surface area contributed by atoms with Gasteiger partial charge in [0.1, 0.15) is 28.6 Å². The second kappa shape index (κ2) is 28.1. The first kappa shape index (κ1) is 56.1. The largest absolute Gasteiger partial charge is 0.507 e. The zero-order valence-corrected chi connectivity index (χ0v) is 44.3. The predicted octanol–water partition coefficient (Wildman–Crippen LogP) is 17.5. The lowest BCUT2D eigenvalue weighted by atomic mass is 9.68. The summed E-state index contributed by atoms with van der Waals surface area (Å²) < 4.78 is 6.36. The van der Waals surface area contributed by atoms with Crippen LogP contribution in [0.1, 0.15) is 188 Å². The second-order valence-corrected chi connectivity index (χ2v) is 24.7. The number of unbranched alkanes of at least 4 members (excludes halogenated alkanes) is 4. The first-order chi connectivity index (χ1) is 29.2. The summed E-state index contributed by atoms with van der Waals surface area (Å²) in [6.07, 6.45) is 17.9. The Bertz CT molecular complexity index is 1660. The number of phenols is 3. The normalized spacial score (nSPS) is 19.9. The van der Waals surface area contributed by atoms with Gasteiger partial charge in [0.25, 0.3) is 14.1 Å². The second-order valence-electron chi connectivity index (χ2n) is 20.8. The number of halogens is 2. The molecule has 4 nitrogen and oxygen atoms in total. The van der Waals surface area contributed by atoms with Gasteiger partial charge in [-0.15, -0.1) is 23.2 Å². The molecule has 7 heteroatoms. The van der Waals surface area contributed by atoms with Gasteiger partial charge in [-0.1, -0.05) is 150 Å². The maximum Gasteiger partial charge on any atom is 0.262 e. The van der Waals surface area contributed by atoms with Gasteiger partial charge in [0, 0.05) is 28.9 Å². The van der Waals surface area contributed by atoms with Crippen molar-refractivity contribution in [3.63, 3.8) is 0 Å². The summed E-state index contributed by atoms with van der Waals surface area (Å²) in [5.41, 5.74) is 7.57. The molecule has 3 aliphatic rings. The van der Waals surface area contributed by atoms with Crippen molar-refractivity contribution < 1.29 is 20.1 Å². The van der Waals surface area contributed by atoms with E-state index in [1.807, 2.05) is 25.1 Å². The van der Waals surface area contributed by atoms with Crippen LogP contribution in [0.25, 0.3) is 0 Å². The molecule has 1 heterocycles. The standard InChI is InChI=1S/2C21H30O2.3C4H9.CH2Cl2.Al/c1-5-6-7-8-15-12-18(22)20-16-11-14(2)9-10-17(16)21(3,4)23-19(20)13-15;1-5-6-7-8-16-12-19(22)21(20(23)13-16)18-11-15(4)9-10-17(18)14(2)3;3*1-4(2)3;2-1-3;/h11-13,16-17,22H,5-10H2,1-4H3;11-13,17-18,22-23H,2,5-10H2,1,3-4H3;3*4H,1H2,2-3H3;1H2;/t16-,17-;17-,18+;;;;;/m10...../s1. The summed E-state index contributed by atoms with van der Waals surface area (Å²) in [5, 5.41) is 36.6. The third kappa shape index (κ3) is 18.5. The Morgan fingerprint density at radius 3 is 1.56 bits per heavy atom. The predicted molar refractivity (Wildman–Crippen MR) is 274 cm³/mol. The number of benzene rings is 2. The van der Waals surface area contributed by atoms with Crippen molar-refractivity contribution in [2.75, 3.05) is 5.34 Å². The van der Waals surface area contributed by atoms with E-state index in [1.54, 1.807) is 15.8 Å². The lowest BCUT2D eigenvalue weighted by Crippen LogP contribution is -2.45. The summed E-state index contributed by atoms with van der Waals surface area (Å²) in [7, 11) is 0. The molecule has 0 spiro atoms. The van der Waals surface area contributed by atoms with Crippen molar-refractivity contribution in [3.8, 4) is 23.0 Å². The molecule has 2 aromatic rings. The van der Waals surface area contributed by atoms with E-state index in [9.17, 15) is 15.3 Å². The summed E-state index contributed by atoms with van der Waals surface area (Å²) in [6, 6.07) is 7.79. The number of hydrogen-bond acceptors (Lipinski definition) is 4. The fourth-order valence-electron chi connectivity index (χ4n) is 10.2. The van der Waals surface area contributed by atoms with E-state index in [-0.39, 0.29) is 40.2 Å². The minimum absolute atomic E-state index is 0.0194. The first-order valence-corrected chi connectivity index (χ1v) is 27.9. The van der Waals surface area contributed by atoms with Gasteiger partial charge >= 0.3 is 0 Å². The van der Waals surface area contributed by atoms with Crippen LogP contribution in [-0.4, -0.2) is 40.4 Å². The Balaban J connectivity index is 0.000000322. The number of alkyl halides is 2.